The van der Waals surface area contributed by atoms with Crippen LogP contribution in [0.2, 0.25) is 0 Å². The fourth-order valence-electron chi connectivity index (χ4n) is 4.56. The smallest absolute Gasteiger partial charge is 0.0199 e. The molecular formula is C18H36N2. The van der Waals surface area contributed by atoms with E-state index in [1.54, 1.807) is 0 Å². The van der Waals surface area contributed by atoms with E-state index in [-0.39, 0.29) is 0 Å². The summed E-state index contributed by atoms with van der Waals surface area (Å²) in [4.78, 5) is 2.34. The Balaban J connectivity index is 1.83. The molecule has 2 heteroatoms. The first-order valence-corrected chi connectivity index (χ1v) is 8.95. The van der Waals surface area contributed by atoms with Crippen LogP contribution in [0.1, 0.15) is 65.2 Å². The Labute approximate surface area is 126 Å². The van der Waals surface area contributed by atoms with Gasteiger partial charge >= 0.3 is 0 Å². The topological polar surface area (TPSA) is 15.3 Å². The van der Waals surface area contributed by atoms with Gasteiger partial charge in [-0.25, -0.2) is 0 Å². The van der Waals surface area contributed by atoms with Gasteiger partial charge in [-0.2, -0.15) is 0 Å². The van der Waals surface area contributed by atoms with Gasteiger partial charge in [-0.05, 0) is 57.5 Å². The lowest BCUT2D eigenvalue weighted by molar-refractivity contribution is 0.133. The van der Waals surface area contributed by atoms with E-state index in [9.17, 15) is 0 Å². The van der Waals surface area contributed by atoms with E-state index in [2.05, 4.69) is 38.2 Å². The minimum Gasteiger partial charge on any atom is -0.310 e. The number of fused-ring (bicyclic) bond motifs is 1. The van der Waals surface area contributed by atoms with E-state index >= 15 is 0 Å². The van der Waals surface area contributed by atoms with Crippen LogP contribution in [0.3, 0.4) is 0 Å². The molecule has 2 nitrogen and oxygen atoms in total. The highest BCUT2D eigenvalue weighted by Crippen LogP contribution is 2.40. The molecule has 2 saturated carbocycles. The van der Waals surface area contributed by atoms with Gasteiger partial charge in [0, 0.05) is 18.6 Å². The Morgan fingerprint density at radius 3 is 2.35 bits per heavy atom. The Bertz CT molecular complexity index is 265. The van der Waals surface area contributed by atoms with Crippen molar-refractivity contribution in [3.05, 3.63) is 0 Å². The molecule has 0 heterocycles. The fraction of sp³-hybridized carbons (Fsp3) is 1.00. The van der Waals surface area contributed by atoms with Gasteiger partial charge in [0.2, 0.25) is 0 Å². The van der Waals surface area contributed by atoms with Crippen molar-refractivity contribution < 1.29 is 0 Å². The largest absolute Gasteiger partial charge is 0.310 e. The molecule has 4 unspecified atom stereocenters. The van der Waals surface area contributed by atoms with Crippen LogP contribution in [0.25, 0.3) is 0 Å². The number of nitrogens with zero attached hydrogens (tertiary/aromatic N) is 1. The van der Waals surface area contributed by atoms with Crippen LogP contribution < -0.4 is 5.32 Å². The second kappa shape index (κ2) is 7.79. The molecule has 0 saturated heterocycles. The highest BCUT2D eigenvalue weighted by molar-refractivity contribution is 4.88. The maximum atomic E-state index is 4.01. The van der Waals surface area contributed by atoms with Crippen molar-refractivity contribution in [3.63, 3.8) is 0 Å². The molecule has 2 aliphatic rings. The molecule has 2 fully saturated rings. The van der Waals surface area contributed by atoms with E-state index in [0.29, 0.717) is 6.04 Å². The molecule has 2 rings (SSSR count). The molecule has 1 N–H and O–H groups in total. The van der Waals surface area contributed by atoms with Gasteiger partial charge in [0.25, 0.3) is 0 Å². The Kier molecular flexibility index (Phi) is 6.35. The first-order chi connectivity index (χ1) is 9.54. The van der Waals surface area contributed by atoms with Crippen LogP contribution in [0.4, 0.5) is 0 Å². The van der Waals surface area contributed by atoms with E-state index in [1.165, 1.54) is 57.9 Å². The van der Waals surface area contributed by atoms with Gasteiger partial charge in [0.15, 0.2) is 0 Å². The van der Waals surface area contributed by atoms with E-state index in [0.717, 1.165) is 23.8 Å². The van der Waals surface area contributed by atoms with Gasteiger partial charge in [-0.1, -0.05) is 39.5 Å². The van der Waals surface area contributed by atoms with Crippen LogP contribution in [-0.4, -0.2) is 37.6 Å². The molecule has 0 aliphatic heterocycles. The predicted octanol–water partition coefficient (Wildman–Crippen LogP) is 3.91. The van der Waals surface area contributed by atoms with Gasteiger partial charge in [-0.15, -0.1) is 0 Å². The quantitative estimate of drug-likeness (QED) is 0.793. The molecular weight excluding hydrogens is 244 g/mol. The van der Waals surface area contributed by atoms with Crippen molar-refractivity contribution >= 4 is 0 Å². The van der Waals surface area contributed by atoms with Crippen molar-refractivity contribution in [3.8, 4) is 0 Å². The van der Waals surface area contributed by atoms with E-state index in [4.69, 9.17) is 0 Å². The Morgan fingerprint density at radius 2 is 1.70 bits per heavy atom. The highest BCUT2D eigenvalue weighted by Gasteiger charge is 2.32. The first-order valence-electron chi connectivity index (χ1n) is 8.95. The first kappa shape index (κ1) is 16.3. The van der Waals surface area contributed by atoms with Crippen molar-refractivity contribution in [2.24, 2.45) is 17.8 Å². The third-order valence-electron chi connectivity index (χ3n) is 5.35. The fourth-order valence-corrected chi connectivity index (χ4v) is 4.56. The van der Waals surface area contributed by atoms with Crippen LogP contribution in [0.15, 0.2) is 0 Å². The molecule has 2 aliphatic carbocycles. The molecule has 0 radical (unpaired) electrons. The van der Waals surface area contributed by atoms with Gasteiger partial charge in [-0.3, -0.25) is 0 Å². The summed E-state index contributed by atoms with van der Waals surface area (Å²) in [7, 11) is 4.40. The van der Waals surface area contributed by atoms with Crippen LogP contribution in [-0.2, 0) is 0 Å². The zero-order valence-electron chi connectivity index (χ0n) is 14.2. The summed E-state index contributed by atoms with van der Waals surface area (Å²) in [6, 6.07) is 1.47. The number of nitrogens with one attached hydrogen (secondary N) is 1. The Morgan fingerprint density at radius 1 is 1.00 bits per heavy atom. The molecule has 0 aromatic carbocycles. The minimum atomic E-state index is 0.676. The lowest BCUT2D eigenvalue weighted by Crippen LogP contribution is -2.47. The molecule has 0 spiro atoms. The maximum absolute atomic E-state index is 4.01. The number of hydrogen-bond donors (Lipinski definition) is 1. The number of likely N-dealkylation sites (N-methyl/N-ethyl adjacent to an activating group) is 1. The van der Waals surface area contributed by atoms with Crippen molar-refractivity contribution in [2.75, 3.05) is 20.6 Å². The highest BCUT2D eigenvalue weighted by atomic mass is 15.1. The average Bonchev–Trinajstić information content (AvgIpc) is 2.37. The number of rotatable bonds is 6. The predicted molar refractivity (Wildman–Crippen MR) is 88.0 cm³/mol. The lowest BCUT2D eigenvalue weighted by Gasteiger charge is -2.41. The summed E-state index contributed by atoms with van der Waals surface area (Å²) < 4.78 is 0. The second-order valence-electron chi connectivity index (χ2n) is 8.07. The summed E-state index contributed by atoms with van der Waals surface area (Å²) >= 11 is 0. The maximum Gasteiger partial charge on any atom is 0.0199 e. The van der Waals surface area contributed by atoms with Gasteiger partial charge < -0.3 is 10.2 Å². The Hall–Kier alpha value is -0.0800. The van der Waals surface area contributed by atoms with Crippen LogP contribution in [0, 0.1) is 17.8 Å². The standard InChI is InChI=1S/C18H36N2/c1-14(2)11-18(13-20(3)4)19-17-10-9-15-7-5-6-8-16(15)12-17/h14-19H,5-13H2,1-4H3. The SMILES string of the molecule is CC(C)CC(CN(C)C)NC1CCC2CCCCC2C1. The van der Waals surface area contributed by atoms with Crippen LogP contribution >= 0.6 is 0 Å². The molecule has 20 heavy (non-hydrogen) atoms. The van der Waals surface area contributed by atoms with Gasteiger partial charge in [0.05, 0.1) is 0 Å². The van der Waals surface area contributed by atoms with Gasteiger partial charge in [0.1, 0.15) is 0 Å². The zero-order chi connectivity index (χ0) is 14.5. The average molecular weight is 280 g/mol. The summed E-state index contributed by atoms with van der Waals surface area (Å²) in [6.45, 7) is 5.88. The molecule has 4 atom stereocenters. The zero-order valence-corrected chi connectivity index (χ0v) is 14.2. The normalized spacial score (nSPS) is 32.4. The minimum absolute atomic E-state index is 0.676. The monoisotopic (exact) mass is 280 g/mol. The third kappa shape index (κ3) is 5.04. The van der Waals surface area contributed by atoms with Crippen LogP contribution in [0.5, 0.6) is 0 Å². The molecule has 0 amide bonds. The third-order valence-corrected chi connectivity index (χ3v) is 5.35. The molecule has 0 aromatic heterocycles. The molecule has 118 valence electrons. The summed E-state index contributed by atoms with van der Waals surface area (Å²) in [5.74, 6) is 2.90. The van der Waals surface area contributed by atoms with Crippen molar-refractivity contribution in [1.29, 1.82) is 0 Å². The molecule has 0 bridgehead atoms. The lowest BCUT2D eigenvalue weighted by atomic mass is 9.69. The van der Waals surface area contributed by atoms with Crippen molar-refractivity contribution in [2.45, 2.75) is 77.3 Å². The van der Waals surface area contributed by atoms with E-state index < -0.39 is 0 Å². The number of hydrogen-bond acceptors (Lipinski definition) is 2. The second-order valence-corrected chi connectivity index (χ2v) is 8.07. The van der Waals surface area contributed by atoms with Crippen molar-refractivity contribution in [1.82, 2.24) is 10.2 Å². The van der Waals surface area contributed by atoms with E-state index in [1.807, 2.05) is 0 Å². The summed E-state index contributed by atoms with van der Waals surface area (Å²) in [5, 5.41) is 4.01. The molecule has 0 aromatic rings. The summed E-state index contributed by atoms with van der Waals surface area (Å²) in [5.41, 5.74) is 0. The summed E-state index contributed by atoms with van der Waals surface area (Å²) in [6.07, 6.45) is 11.7.